The van der Waals surface area contributed by atoms with Crippen molar-refractivity contribution in [2.75, 3.05) is 0 Å². The maximum absolute atomic E-state index is 11.0. The maximum atomic E-state index is 11.0. The highest BCUT2D eigenvalue weighted by Crippen LogP contribution is 2.49. The molecule has 1 saturated carbocycles. The summed E-state index contributed by atoms with van der Waals surface area (Å²) in [6.07, 6.45) is 0.698. The normalized spacial score (nSPS) is 39.3. The van der Waals surface area contributed by atoms with Crippen molar-refractivity contribution in [2.45, 2.75) is 38.5 Å². The molecule has 4 nitrogen and oxygen atoms in total. The van der Waals surface area contributed by atoms with Gasteiger partial charge in [-0.05, 0) is 18.3 Å². The van der Waals surface area contributed by atoms with Gasteiger partial charge in [0.2, 0.25) is 0 Å². The quantitative estimate of drug-likeness (QED) is 0.631. The zero-order valence-corrected chi connectivity index (χ0v) is 8.93. The number of rotatable bonds is 1. The van der Waals surface area contributed by atoms with Crippen LogP contribution in [0.1, 0.15) is 33.6 Å². The van der Waals surface area contributed by atoms with Crippen LogP contribution in [0.2, 0.25) is 0 Å². The predicted molar refractivity (Wildman–Crippen MR) is 48.7 cm³/mol. The summed E-state index contributed by atoms with van der Waals surface area (Å²) in [5.74, 6) is -0.419. The first kappa shape index (κ1) is 10.9. The van der Waals surface area contributed by atoms with E-state index in [-0.39, 0.29) is 11.8 Å². The average Bonchev–Trinajstić information content (AvgIpc) is 2.00. The van der Waals surface area contributed by atoms with Gasteiger partial charge < -0.3 is 5.11 Å². The smallest absolute Gasteiger partial charge is 0.295 e. The molecule has 5 heteroatoms. The number of hydrogen-bond acceptors (Lipinski definition) is 3. The van der Waals surface area contributed by atoms with Crippen LogP contribution in [0.3, 0.4) is 0 Å². The monoisotopic (exact) mass is 208 g/mol. The first-order valence-electron chi connectivity index (χ1n) is 4.28. The fraction of sp³-hybridized carbons (Fsp3) is 1.00. The highest BCUT2D eigenvalue weighted by Gasteiger charge is 2.55. The topological polar surface area (TPSA) is 74.6 Å². The van der Waals surface area contributed by atoms with Crippen molar-refractivity contribution in [1.82, 2.24) is 0 Å². The van der Waals surface area contributed by atoms with E-state index in [1.54, 1.807) is 6.92 Å². The second-order valence-corrected chi connectivity index (χ2v) is 6.42. The summed E-state index contributed by atoms with van der Waals surface area (Å²) in [7, 11) is -4.37. The Morgan fingerprint density at radius 2 is 1.85 bits per heavy atom. The Labute approximate surface area is 78.7 Å². The minimum atomic E-state index is -4.37. The van der Waals surface area contributed by atoms with E-state index in [0.29, 0.717) is 6.42 Å². The summed E-state index contributed by atoms with van der Waals surface area (Å²) < 4.78 is 30.8. The van der Waals surface area contributed by atoms with Crippen LogP contribution in [-0.4, -0.2) is 23.0 Å². The van der Waals surface area contributed by atoms with Crippen molar-refractivity contribution < 1.29 is 18.1 Å². The van der Waals surface area contributed by atoms with E-state index >= 15 is 0 Å². The fourth-order valence-corrected chi connectivity index (χ4v) is 3.43. The zero-order chi connectivity index (χ0) is 10.5. The minimum absolute atomic E-state index is 0.0972. The predicted octanol–water partition coefficient (Wildman–Crippen LogP) is 1.02. The lowest BCUT2D eigenvalue weighted by Gasteiger charge is -2.24. The molecule has 0 saturated heterocycles. The fourth-order valence-electron chi connectivity index (χ4n) is 2.27. The molecule has 1 fully saturated rings. The molecule has 0 aromatic rings. The van der Waals surface area contributed by atoms with Crippen molar-refractivity contribution >= 4 is 10.1 Å². The Kier molecular flexibility index (Phi) is 2.26. The lowest BCUT2D eigenvalue weighted by Crippen LogP contribution is -2.41. The molecule has 0 amide bonds. The Bertz CT molecular complexity index is 306. The second kappa shape index (κ2) is 2.68. The highest BCUT2D eigenvalue weighted by molar-refractivity contribution is 7.87. The van der Waals surface area contributed by atoms with E-state index in [4.69, 9.17) is 4.55 Å². The lowest BCUT2D eigenvalue weighted by atomic mass is 9.91. The third kappa shape index (κ3) is 1.73. The number of aliphatic hydroxyl groups is 1. The van der Waals surface area contributed by atoms with Crippen molar-refractivity contribution in [3.05, 3.63) is 0 Å². The van der Waals surface area contributed by atoms with Gasteiger partial charge in [-0.1, -0.05) is 20.8 Å². The minimum Gasteiger partial charge on any atom is -0.372 e. The van der Waals surface area contributed by atoms with E-state index < -0.39 is 21.0 Å². The molecule has 1 aliphatic rings. The first-order valence-corrected chi connectivity index (χ1v) is 5.72. The van der Waals surface area contributed by atoms with Crippen LogP contribution in [0.5, 0.6) is 0 Å². The zero-order valence-electron chi connectivity index (χ0n) is 8.11. The molecule has 1 rings (SSSR count). The van der Waals surface area contributed by atoms with Crippen LogP contribution in [0.25, 0.3) is 0 Å². The molecule has 0 spiro atoms. The van der Waals surface area contributed by atoms with Gasteiger partial charge in [0.25, 0.3) is 10.1 Å². The van der Waals surface area contributed by atoms with Gasteiger partial charge in [-0.25, -0.2) is 0 Å². The van der Waals surface area contributed by atoms with Crippen LogP contribution >= 0.6 is 0 Å². The summed E-state index contributed by atoms with van der Waals surface area (Å²) in [5, 5.41) is 9.79. The summed E-state index contributed by atoms with van der Waals surface area (Å²) in [6.45, 7) is 5.40. The molecular formula is C8H16O4S. The second-order valence-electron chi connectivity index (χ2n) is 4.77. The van der Waals surface area contributed by atoms with E-state index in [0.717, 1.165) is 0 Å². The van der Waals surface area contributed by atoms with Crippen LogP contribution in [0, 0.1) is 11.3 Å². The van der Waals surface area contributed by atoms with Crippen LogP contribution in [-0.2, 0) is 10.1 Å². The molecule has 0 radical (unpaired) electrons. The molecule has 13 heavy (non-hydrogen) atoms. The van der Waals surface area contributed by atoms with Crippen LogP contribution in [0.4, 0.5) is 0 Å². The highest BCUT2D eigenvalue weighted by atomic mass is 32.2. The summed E-state index contributed by atoms with van der Waals surface area (Å²) >= 11 is 0. The molecule has 0 aromatic carbocycles. The van der Waals surface area contributed by atoms with Gasteiger partial charge in [0, 0.05) is 5.92 Å². The molecule has 1 aliphatic carbocycles. The Morgan fingerprint density at radius 1 is 1.38 bits per heavy atom. The maximum Gasteiger partial charge on any atom is 0.295 e. The van der Waals surface area contributed by atoms with E-state index in [1.165, 1.54) is 0 Å². The van der Waals surface area contributed by atoms with Gasteiger partial charge in [0.15, 0.2) is 4.93 Å². The molecule has 78 valence electrons. The van der Waals surface area contributed by atoms with Gasteiger partial charge in [0.05, 0.1) is 0 Å². The van der Waals surface area contributed by atoms with Gasteiger partial charge in [-0.3, -0.25) is 4.55 Å². The Hall–Kier alpha value is -0.130. The van der Waals surface area contributed by atoms with Crippen molar-refractivity contribution in [3.8, 4) is 0 Å². The largest absolute Gasteiger partial charge is 0.372 e. The molecule has 0 bridgehead atoms. The van der Waals surface area contributed by atoms with Gasteiger partial charge in [-0.15, -0.1) is 0 Å². The standard InChI is InChI=1S/C8H16O4S/c1-6-4-7(2,3)5-8(6,9)13(10,11)12/h6,9H,4-5H2,1-3H3,(H,10,11,12). The molecule has 2 atom stereocenters. The number of hydrogen-bond donors (Lipinski definition) is 2. The molecule has 0 heterocycles. The van der Waals surface area contributed by atoms with Gasteiger partial charge in [-0.2, -0.15) is 8.42 Å². The lowest BCUT2D eigenvalue weighted by molar-refractivity contribution is 0.0762. The van der Waals surface area contributed by atoms with E-state index in [1.807, 2.05) is 13.8 Å². The van der Waals surface area contributed by atoms with E-state index in [2.05, 4.69) is 0 Å². The summed E-state index contributed by atoms with van der Waals surface area (Å²) in [4.78, 5) is -1.95. The third-order valence-electron chi connectivity index (χ3n) is 2.81. The average molecular weight is 208 g/mol. The molecular weight excluding hydrogens is 192 g/mol. The SMILES string of the molecule is CC1CC(C)(C)CC1(O)S(=O)(=O)O. The van der Waals surface area contributed by atoms with Crippen LogP contribution < -0.4 is 0 Å². The summed E-state index contributed by atoms with van der Waals surface area (Å²) in [6, 6.07) is 0. The van der Waals surface area contributed by atoms with Crippen LogP contribution in [0.15, 0.2) is 0 Å². The summed E-state index contributed by atoms with van der Waals surface area (Å²) in [5.41, 5.74) is -0.232. The van der Waals surface area contributed by atoms with E-state index in [9.17, 15) is 13.5 Å². The molecule has 0 aromatic heterocycles. The van der Waals surface area contributed by atoms with Crippen molar-refractivity contribution in [3.63, 3.8) is 0 Å². The van der Waals surface area contributed by atoms with Crippen molar-refractivity contribution in [2.24, 2.45) is 11.3 Å². The van der Waals surface area contributed by atoms with Gasteiger partial charge >= 0.3 is 0 Å². The molecule has 2 N–H and O–H groups in total. The third-order valence-corrected chi connectivity index (χ3v) is 4.25. The Morgan fingerprint density at radius 3 is 2.00 bits per heavy atom. The molecule has 2 unspecified atom stereocenters. The first-order chi connectivity index (χ1) is 5.58. The van der Waals surface area contributed by atoms with Crippen molar-refractivity contribution in [1.29, 1.82) is 0 Å². The molecule has 0 aliphatic heterocycles. The Balaban J connectivity index is 3.09. The van der Waals surface area contributed by atoms with Gasteiger partial charge in [0.1, 0.15) is 0 Å².